The van der Waals surface area contributed by atoms with Gasteiger partial charge in [0, 0.05) is 13.0 Å². The molecule has 0 aromatic rings. The van der Waals surface area contributed by atoms with Crippen molar-refractivity contribution < 1.29 is 27.5 Å². The quantitative estimate of drug-likeness (QED) is 0.557. The molecule has 0 saturated carbocycles. The Morgan fingerprint density at radius 2 is 1.88 bits per heavy atom. The third kappa shape index (κ3) is 8.53. The second kappa shape index (κ2) is 7.92. The molecule has 0 aliphatic heterocycles. The minimum Gasteiger partial charge on any atom is -0.466 e. The van der Waals surface area contributed by atoms with Crippen LogP contribution in [0.15, 0.2) is 0 Å². The molecule has 17 heavy (non-hydrogen) atoms. The molecule has 7 heteroatoms. The molecule has 0 aromatic carbocycles. The Morgan fingerprint density at radius 3 is 2.41 bits per heavy atom. The maximum Gasteiger partial charge on any atom is 0.471 e. The highest BCUT2D eigenvalue weighted by Gasteiger charge is 2.38. The molecule has 0 aliphatic rings. The van der Waals surface area contributed by atoms with Gasteiger partial charge in [0.05, 0.1) is 6.61 Å². The van der Waals surface area contributed by atoms with Crippen LogP contribution in [0.1, 0.15) is 32.6 Å². The summed E-state index contributed by atoms with van der Waals surface area (Å²) in [4.78, 5) is 21.4. The zero-order chi connectivity index (χ0) is 13.3. The van der Waals surface area contributed by atoms with Gasteiger partial charge in [-0.2, -0.15) is 13.2 Å². The highest BCUT2D eigenvalue weighted by molar-refractivity contribution is 5.81. The van der Waals surface area contributed by atoms with Gasteiger partial charge < -0.3 is 10.1 Å². The number of alkyl halides is 3. The van der Waals surface area contributed by atoms with Crippen LogP contribution in [0.2, 0.25) is 0 Å². The summed E-state index contributed by atoms with van der Waals surface area (Å²) in [5, 5.41) is 1.67. The van der Waals surface area contributed by atoms with Crippen molar-refractivity contribution in [2.45, 2.75) is 38.8 Å². The number of hydrogen-bond acceptors (Lipinski definition) is 3. The van der Waals surface area contributed by atoms with Crippen molar-refractivity contribution in [1.82, 2.24) is 5.32 Å². The first-order valence-corrected chi connectivity index (χ1v) is 5.38. The maximum absolute atomic E-state index is 11.7. The number of rotatable bonds is 7. The van der Waals surface area contributed by atoms with Crippen molar-refractivity contribution in [2.75, 3.05) is 13.2 Å². The van der Waals surface area contributed by atoms with E-state index in [1.165, 1.54) is 0 Å². The van der Waals surface area contributed by atoms with Crippen molar-refractivity contribution in [1.29, 1.82) is 0 Å². The fourth-order valence-corrected chi connectivity index (χ4v) is 0.937. The summed E-state index contributed by atoms with van der Waals surface area (Å²) in [7, 11) is 0. The Morgan fingerprint density at radius 1 is 1.24 bits per heavy atom. The SMILES string of the molecule is CCCCOC(=O)CCCNC(=O)C(F)(F)F. The van der Waals surface area contributed by atoms with Crippen LogP contribution in [0.5, 0.6) is 0 Å². The van der Waals surface area contributed by atoms with Crippen LogP contribution in [-0.2, 0) is 14.3 Å². The van der Waals surface area contributed by atoms with Gasteiger partial charge in [-0.25, -0.2) is 0 Å². The van der Waals surface area contributed by atoms with E-state index in [2.05, 4.69) is 0 Å². The highest BCUT2D eigenvalue weighted by atomic mass is 19.4. The molecule has 0 radical (unpaired) electrons. The van der Waals surface area contributed by atoms with Crippen molar-refractivity contribution in [2.24, 2.45) is 0 Å². The summed E-state index contributed by atoms with van der Waals surface area (Å²) >= 11 is 0. The van der Waals surface area contributed by atoms with E-state index in [9.17, 15) is 22.8 Å². The fraction of sp³-hybridized carbons (Fsp3) is 0.800. The zero-order valence-corrected chi connectivity index (χ0v) is 9.60. The molecule has 0 atom stereocenters. The molecule has 0 unspecified atom stereocenters. The lowest BCUT2D eigenvalue weighted by Gasteiger charge is -2.07. The minimum atomic E-state index is -4.87. The lowest BCUT2D eigenvalue weighted by molar-refractivity contribution is -0.173. The number of esters is 1. The molecule has 4 nitrogen and oxygen atoms in total. The summed E-state index contributed by atoms with van der Waals surface area (Å²) < 4.78 is 40.0. The van der Waals surface area contributed by atoms with E-state index in [0.29, 0.717) is 6.61 Å². The monoisotopic (exact) mass is 255 g/mol. The average molecular weight is 255 g/mol. The molecular weight excluding hydrogens is 239 g/mol. The van der Waals surface area contributed by atoms with Crippen molar-refractivity contribution in [3.05, 3.63) is 0 Å². The van der Waals surface area contributed by atoms with Crippen molar-refractivity contribution in [3.8, 4) is 0 Å². The Kier molecular flexibility index (Phi) is 7.32. The largest absolute Gasteiger partial charge is 0.471 e. The number of carbonyl (C=O) groups is 2. The first kappa shape index (κ1) is 15.7. The lowest BCUT2D eigenvalue weighted by Crippen LogP contribution is -2.37. The Labute approximate surface area is 97.5 Å². The van der Waals surface area contributed by atoms with E-state index in [-0.39, 0.29) is 19.4 Å². The van der Waals surface area contributed by atoms with Gasteiger partial charge in [0.15, 0.2) is 0 Å². The number of amides is 1. The number of halogens is 3. The molecule has 0 saturated heterocycles. The van der Waals surface area contributed by atoms with Gasteiger partial charge in [-0.3, -0.25) is 9.59 Å². The van der Waals surface area contributed by atoms with Gasteiger partial charge >= 0.3 is 18.1 Å². The smallest absolute Gasteiger partial charge is 0.466 e. The molecule has 0 aromatic heterocycles. The Balaban J connectivity index is 3.51. The highest BCUT2D eigenvalue weighted by Crippen LogP contribution is 2.13. The molecule has 0 fully saturated rings. The van der Waals surface area contributed by atoms with Crippen LogP contribution in [0.25, 0.3) is 0 Å². The fourth-order valence-electron chi connectivity index (χ4n) is 0.937. The number of unbranched alkanes of at least 4 members (excludes halogenated alkanes) is 1. The van der Waals surface area contributed by atoms with Gasteiger partial charge in [-0.15, -0.1) is 0 Å². The average Bonchev–Trinajstić information content (AvgIpc) is 2.23. The van der Waals surface area contributed by atoms with Gasteiger partial charge in [-0.1, -0.05) is 13.3 Å². The van der Waals surface area contributed by atoms with Crippen LogP contribution >= 0.6 is 0 Å². The van der Waals surface area contributed by atoms with Gasteiger partial charge in [0.1, 0.15) is 0 Å². The zero-order valence-electron chi connectivity index (χ0n) is 9.60. The summed E-state index contributed by atoms with van der Waals surface area (Å²) in [6.07, 6.45) is -3.08. The number of ether oxygens (including phenoxy) is 1. The van der Waals surface area contributed by atoms with Crippen LogP contribution in [-0.4, -0.2) is 31.2 Å². The van der Waals surface area contributed by atoms with E-state index in [1.54, 1.807) is 5.32 Å². The van der Waals surface area contributed by atoms with Crippen LogP contribution < -0.4 is 5.32 Å². The maximum atomic E-state index is 11.7. The standard InChI is InChI=1S/C10H16F3NO3/c1-2-3-7-17-8(15)5-4-6-14-9(16)10(11,12)13/h2-7H2,1H3,(H,14,16). The van der Waals surface area contributed by atoms with Gasteiger partial charge in [0.2, 0.25) is 0 Å². The topological polar surface area (TPSA) is 55.4 Å². The van der Waals surface area contributed by atoms with Crippen molar-refractivity contribution >= 4 is 11.9 Å². The molecule has 0 rings (SSSR count). The predicted molar refractivity (Wildman–Crippen MR) is 54.2 cm³/mol. The van der Waals surface area contributed by atoms with Gasteiger partial charge in [-0.05, 0) is 12.8 Å². The number of nitrogens with one attached hydrogen (secondary N) is 1. The van der Waals surface area contributed by atoms with E-state index in [4.69, 9.17) is 4.74 Å². The molecule has 0 heterocycles. The third-order valence-corrected chi connectivity index (χ3v) is 1.86. The van der Waals surface area contributed by atoms with E-state index in [1.807, 2.05) is 6.92 Å². The van der Waals surface area contributed by atoms with Crippen LogP contribution in [0, 0.1) is 0 Å². The molecule has 0 spiro atoms. The predicted octanol–water partition coefficient (Wildman–Crippen LogP) is 1.79. The molecule has 100 valence electrons. The molecule has 0 aliphatic carbocycles. The second-order valence-electron chi connectivity index (χ2n) is 3.43. The molecular formula is C10H16F3NO3. The Bertz CT molecular complexity index is 254. The molecule has 1 amide bonds. The number of hydrogen-bond donors (Lipinski definition) is 1. The summed E-state index contributed by atoms with van der Waals surface area (Å²) in [5.74, 6) is -2.45. The molecule has 1 N–H and O–H groups in total. The van der Waals surface area contributed by atoms with E-state index >= 15 is 0 Å². The second-order valence-corrected chi connectivity index (χ2v) is 3.43. The van der Waals surface area contributed by atoms with Crippen LogP contribution in [0.3, 0.4) is 0 Å². The van der Waals surface area contributed by atoms with Gasteiger partial charge in [0.25, 0.3) is 0 Å². The lowest BCUT2D eigenvalue weighted by atomic mass is 10.3. The van der Waals surface area contributed by atoms with E-state index in [0.717, 1.165) is 12.8 Å². The van der Waals surface area contributed by atoms with Crippen LogP contribution in [0.4, 0.5) is 13.2 Å². The minimum absolute atomic E-state index is 0.00184. The summed E-state index contributed by atoms with van der Waals surface area (Å²) in [6.45, 7) is 2.08. The molecule has 0 bridgehead atoms. The normalized spacial score (nSPS) is 11.1. The first-order valence-electron chi connectivity index (χ1n) is 5.38. The third-order valence-electron chi connectivity index (χ3n) is 1.86. The van der Waals surface area contributed by atoms with Crippen molar-refractivity contribution in [3.63, 3.8) is 0 Å². The number of carbonyl (C=O) groups excluding carboxylic acids is 2. The van der Waals surface area contributed by atoms with E-state index < -0.39 is 18.1 Å². The Hall–Kier alpha value is -1.27. The summed E-state index contributed by atoms with van der Waals surface area (Å²) in [6, 6.07) is 0. The first-order chi connectivity index (χ1) is 7.88. The summed E-state index contributed by atoms with van der Waals surface area (Å²) in [5.41, 5.74) is 0.